The molecule has 45 heavy (non-hydrogen) atoms. The molecule has 1 aliphatic carbocycles. The number of amides is 3. The molecule has 2 aliphatic rings. The van der Waals surface area contributed by atoms with E-state index in [4.69, 9.17) is 23.2 Å². The molecular formula is C33H33Cl2N3O6S. The van der Waals surface area contributed by atoms with Crippen molar-refractivity contribution in [1.29, 1.82) is 0 Å². The van der Waals surface area contributed by atoms with E-state index in [1.54, 1.807) is 55.5 Å². The second kappa shape index (κ2) is 13.3. The summed E-state index contributed by atoms with van der Waals surface area (Å²) in [5.74, 6) is -2.77. The van der Waals surface area contributed by atoms with Gasteiger partial charge in [-0.1, -0.05) is 84.7 Å². The molecule has 1 heterocycles. The first-order chi connectivity index (χ1) is 21.5. The van der Waals surface area contributed by atoms with Crippen LogP contribution in [-0.4, -0.2) is 60.7 Å². The zero-order valence-corrected chi connectivity index (χ0v) is 26.9. The van der Waals surface area contributed by atoms with Gasteiger partial charge in [-0.05, 0) is 61.1 Å². The van der Waals surface area contributed by atoms with Crippen LogP contribution in [0.25, 0.3) is 0 Å². The summed E-state index contributed by atoms with van der Waals surface area (Å²) in [6.07, 6.45) is 0.961. The standard InChI is InChI=1S/C33H33Cl2N3O6S/c1-2-26(29(39)31(41)36-19-21-8-4-3-5-9-21)37-30(40)27-18-24(45(43,44)28-11-7-6-10-25(28)35)20-38(27)32(42)33(16-17-33)22-12-14-23(34)15-13-22/h3-15,24,26-27H,2,16-20H2,1H3,(H,36,41)(H,37,40)/t24-,26?,27+/m1/s1. The van der Waals surface area contributed by atoms with Crippen molar-refractivity contribution < 1.29 is 27.6 Å². The number of likely N-dealkylation sites (tertiary alicyclic amines) is 1. The average molecular weight is 671 g/mol. The Hall–Kier alpha value is -3.73. The quantitative estimate of drug-likeness (QED) is 0.294. The monoisotopic (exact) mass is 669 g/mol. The number of hydrogen-bond donors (Lipinski definition) is 2. The summed E-state index contributed by atoms with van der Waals surface area (Å²) in [6.45, 7) is 1.55. The van der Waals surface area contributed by atoms with E-state index in [-0.39, 0.29) is 41.8 Å². The predicted octanol–water partition coefficient (Wildman–Crippen LogP) is 4.25. The van der Waals surface area contributed by atoms with Crippen molar-refractivity contribution in [2.75, 3.05) is 6.54 Å². The molecule has 5 rings (SSSR count). The maximum Gasteiger partial charge on any atom is 0.289 e. The van der Waals surface area contributed by atoms with E-state index in [9.17, 15) is 27.6 Å². The summed E-state index contributed by atoms with van der Waals surface area (Å²) in [6, 6.07) is 19.6. The van der Waals surface area contributed by atoms with Gasteiger partial charge in [0.25, 0.3) is 5.91 Å². The molecule has 12 heteroatoms. The first kappa shape index (κ1) is 32.7. The molecule has 3 amide bonds. The molecule has 1 aliphatic heterocycles. The van der Waals surface area contributed by atoms with Gasteiger partial charge in [0.2, 0.25) is 17.6 Å². The number of sulfone groups is 1. The molecule has 3 aromatic rings. The third-order valence-electron chi connectivity index (χ3n) is 8.53. The third kappa shape index (κ3) is 6.78. The number of carbonyl (C=O) groups is 4. The molecule has 3 aromatic carbocycles. The van der Waals surface area contributed by atoms with E-state index in [0.717, 1.165) is 11.1 Å². The highest BCUT2D eigenvalue weighted by atomic mass is 35.5. The van der Waals surface area contributed by atoms with Crippen LogP contribution in [0.1, 0.15) is 43.7 Å². The number of Topliss-reactive ketones (excluding diaryl/α,β-unsaturated/α-hetero) is 1. The Morgan fingerprint density at radius 2 is 1.58 bits per heavy atom. The maximum absolute atomic E-state index is 14.2. The van der Waals surface area contributed by atoms with Crippen LogP contribution in [-0.2, 0) is 41.0 Å². The lowest BCUT2D eigenvalue weighted by Gasteiger charge is -2.29. The third-order valence-corrected chi connectivity index (χ3v) is 11.4. The first-order valence-corrected chi connectivity index (χ1v) is 17.0. The minimum atomic E-state index is -4.05. The number of halogens is 2. The summed E-state index contributed by atoms with van der Waals surface area (Å²) < 4.78 is 27.5. The van der Waals surface area contributed by atoms with Crippen LogP contribution in [0.4, 0.5) is 0 Å². The minimum absolute atomic E-state index is 0.0428. The average Bonchev–Trinajstić information content (AvgIpc) is 3.72. The van der Waals surface area contributed by atoms with Gasteiger partial charge < -0.3 is 15.5 Å². The number of benzene rings is 3. The highest BCUT2D eigenvalue weighted by Crippen LogP contribution is 2.51. The van der Waals surface area contributed by atoms with E-state index in [2.05, 4.69) is 10.6 Å². The van der Waals surface area contributed by atoms with Crippen LogP contribution in [0.2, 0.25) is 10.0 Å². The van der Waals surface area contributed by atoms with Crippen molar-refractivity contribution in [2.45, 2.75) is 66.8 Å². The Morgan fingerprint density at radius 1 is 0.933 bits per heavy atom. The minimum Gasteiger partial charge on any atom is -0.345 e. The van der Waals surface area contributed by atoms with Crippen LogP contribution in [0.15, 0.2) is 83.8 Å². The Bertz CT molecular complexity index is 1710. The van der Waals surface area contributed by atoms with E-state index in [0.29, 0.717) is 17.9 Å². The van der Waals surface area contributed by atoms with Gasteiger partial charge in [-0.3, -0.25) is 19.2 Å². The molecule has 1 unspecified atom stereocenters. The smallest absolute Gasteiger partial charge is 0.289 e. The van der Waals surface area contributed by atoms with E-state index < -0.39 is 50.2 Å². The number of hydrogen-bond acceptors (Lipinski definition) is 6. The van der Waals surface area contributed by atoms with Crippen LogP contribution in [0, 0.1) is 0 Å². The van der Waals surface area contributed by atoms with Crippen LogP contribution < -0.4 is 10.6 Å². The number of rotatable bonds is 11. The largest absolute Gasteiger partial charge is 0.345 e. The summed E-state index contributed by atoms with van der Waals surface area (Å²) in [5, 5.41) is 4.64. The second-order valence-corrected chi connectivity index (χ2v) is 14.4. The Labute approximate surface area is 272 Å². The summed E-state index contributed by atoms with van der Waals surface area (Å²) in [5.41, 5.74) is 0.616. The highest BCUT2D eigenvalue weighted by molar-refractivity contribution is 7.92. The van der Waals surface area contributed by atoms with Gasteiger partial charge in [0, 0.05) is 18.1 Å². The Morgan fingerprint density at radius 3 is 2.20 bits per heavy atom. The molecule has 1 saturated carbocycles. The summed E-state index contributed by atoms with van der Waals surface area (Å²) in [7, 11) is -4.05. The Kier molecular flexibility index (Phi) is 9.67. The normalized spacial score (nSPS) is 19.4. The topological polar surface area (TPSA) is 130 Å². The van der Waals surface area contributed by atoms with Gasteiger partial charge >= 0.3 is 0 Å². The lowest BCUT2D eigenvalue weighted by atomic mass is 9.94. The van der Waals surface area contributed by atoms with Gasteiger partial charge in [-0.2, -0.15) is 0 Å². The fourth-order valence-electron chi connectivity index (χ4n) is 5.79. The predicted molar refractivity (Wildman–Crippen MR) is 170 cm³/mol. The van der Waals surface area contributed by atoms with Crippen molar-refractivity contribution >= 4 is 56.5 Å². The lowest BCUT2D eigenvalue weighted by Crippen LogP contribution is -2.54. The fourth-order valence-corrected chi connectivity index (χ4v) is 8.13. The number of nitrogens with one attached hydrogen (secondary N) is 2. The number of nitrogens with zero attached hydrogens (tertiary/aromatic N) is 1. The van der Waals surface area contributed by atoms with E-state index in [1.165, 1.54) is 17.0 Å². The van der Waals surface area contributed by atoms with Crippen LogP contribution >= 0.6 is 23.2 Å². The number of ketones is 1. The first-order valence-electron chi connectivity index (χ1n) is 14.7. The molecule has 0 spiro atoms. The van der Waals surface area contributed by atoms with Gasteiger partial charge in [-0.25, -0.2) is 8.42 Å². The van der Waals surface area contributed by atoms with Crippen LogP contribution in [0.3, 0.4) is 0 Å². The van der Waals surface area contributed by atoms with Gasteiger partial charge in [-0.15, -0.1) is 0 Å². The zero-order chi connectivity index (χ0) is 32.4. The molecule has 0 bridgehead atoms. The van der Waals surface area contributed by atoms with Crippen molar-refractivity contribution in [3.05, 3.63) is 100 Å². The summed E-state index contributed by atoms with van der Waals surface area (Å²) >= 11 is 12.3. The molecule has 236 valence electrons. The molecule has 9 nitrogen and oxygen atoms in total. The van der Waals surface area contributed by atoms with E-state index in [1.807, 2.05) is 18.2 Å². The molecule has 3 atom stereocenters. The zero-order valence-electron chi connectivity index (χ0n) is 24.5. The summed E-state index contributed by atoms with van der Waals surface area (Å²) in [4.78, 5) is 55.0. The van der Waals surface area contributed by atoms with Crippen LogP contribution in [0.5, 0.6) is 0 Å². The second-order valence-electron chi connectivity index (χ2n) is 11.4. The van der Waals surface area contributed by atoms with Crippen molar-refractivity contribution in [3.63, 3.8) is 0 Å². The SMILES string of the molecule is CCC(NC(=O)[C@@H]1C[C@@H](S(=O)(=O)c2ccccc2Cl)CN1C(=O)C1(c2ccc(Cl)cc2)CC1)C(=O)C(=O)NCc1ccccc1. The van der Waals surface area contributed by atoms with Crippen molar-refractivity contribution in [3.8, 4) is 0 Å². The highest BCUT2D eigenvalue weighted by Gasteiger charge is 2.57. The molecule has 0 aromatic heterocycles. The maximum atomic E-state index is 14.2. The lowest BCUT2D eigenvalue weighted by molar-refractivity contribution is -0.143. The van der Waals surface area contributed by atoms with Gasteiger partial charge in [0.1, 0.15) is 6.04 Å². The molecule has 2 N–H and O–H groups in total. The van der Waals surface area contributed by atoms with Crippen molar-refractivity contribution in [2.24, 2.45) is 0 Å². The van der Waals surface area contributed by atoms with Gasteiger partial charge in [0.15, 0.2) is 9.84 Å². The molecule has 2 fully saturated rings. The van der Waals surface area contributed by atoms with Gasteiger partial charge in [0.05, 0.1) is 26.6 Å². The molecular weight excluding hydrogens is 637 g/mol. The van der Waals surface area contributed by atoms with Crippen molar-refractivity contribution in [1.82, 2.24) is 15.5 Å². The van der Waals surface area contributed by atoms with E-state index >= 15 is 0 Å². The molecule has 1 saturated heterocycles. The Balaban J connectivity index is 1.38. The number of carbonyl (C=O) groups excluding carboxylic acids is 4. The fraction of sp³-hybridized carbons (Fsp3) is 0.333. The molecule has 0 radical (unpaired) electrons.